The molecule has 0 radical (unpaired) electrons. The van der Waals surface area contributed by atoms with Crippen molar-refractivity contribution in [3.63, 3.8) is 0 Å². The Morgan fingerprint density at radius 1 is 0.980 bits per heavy atom. The van der Waals surface area contributed by atoms with Gasteiger partial charge in [0.05, 0.1) is 12.2 Å². The lowest BCUT2D eigenvalue weighted by molar-refractivity contribution is -0.143. The highest BCUT2D eigenvalue weighted by atomic mass is 16.2. The molecule has 278 valence electrons. The maximum absolute atomic E-state index is 14.6. The molecule has 0 bridgehead atoms. The summed E-state index contributed by atoms with van der Waals surface area (Å²) in [4.78, 5) is 95.6. The van der Waals surface area contributed by atoms with E-state index in [1.807, 2.05) is 27.7 Å². The van der Waals surface area contributed by atoms with E-state index in [0.29, 0.717) is 44.4 Å². The van der Waals surface area contributed by atoms with Crippen LogP contribution in [0.1, 0.15) is 122 Å². The smallest absolute Gasteiger partial charge is 0.289 e. The Balaban J connectivity index is 1.36. The third kappa shape index (κ3) is 9.45. The molecule has 6 atom stereocenters. The fourth-order valence-electron chi connectivity index (χ4n) is 8.06. The Bertz CT molecular complexity index is 1500. The molecule has 13 nitrogen and oxygen atoms in total. The molecular formula is C38H55N7O6. The summed E-state index contributed by atoms with van der Waals surface area (Å²) in [5.41, 5.74) is 0.0666. The van der Waals surface area contributed by atoms with Gasteiger partial charge in [-0.05, 0) is 62.7 Å². The summed E-state index contributed by atoms with van der Waals surface area (Å²) < 4.78 is 0. The predicted molar refractivity (Wildman–Crippen MR) is 191 cm³/mol. The van der Waals surface area contributed by atoms with Crippen LogP contribution in [0.2, 0.25) is 0 Å². The lowest BCUT2D eigenvalue weighted by Crippen LogP contribution is -2.60. The summed E-state index contributed by atoms with van der Waals surface area (Å²) in [5.74, 6) is -2.87. The molecule has 0 aromatic carbocycles. The van der Waals surface area contributed by atoms with Crippen molar-refractivity contribution in [2.45, 2.75) is 142 Å². The van der Waals surface area contributed by atoms with Gasteiger partial charge in [-0.1, -0.05) is 66.2 Å². The zero-order valence-electron chi connectivity index (χ0n) is 30.8. The van der Waals surface area contributed by atoms with E-state index >= 15 is 0 Å². The van der Waals surface area contributed by atoms with Crippen LogP contribution in [-0.4, -0.2) is 92.5 Å². The number of amides is 4. The Morgan fingerprint density at radius 3 is 2.31 bits per heavy atom. The van der Waals surface area contributed by atoms with Gasteiger partial charge in [-0.3, -0.25) is 38.7 Å². The van der Waals surface area contributed by atoms with Crippen molar-refractivity contribution in [1.29, 1.82) is 0 Å². The third-order valence-corrected chi connectivity index (χ3v) is 10.9. The molecule has 1 aromatic rings. The quantitative estimate of drug-likeness (QED) is 0.247. The minimum absolute atomic E-state index is 0.0408. The maximum atomic E-state index is 14.6. The average molecular weight is 706 g/mol. The molecule has 1 aliphatic heterocycles. The lowest BCUT2D eigenvalue weighted by Gasteiger charge is -2.37. The highest BCUT2D eigenvalue weighted by molar-refractivity contribution is 6.38. The van der Waals surface area contributed by atoms with Crippen molar-refractivity contribution in [2.75, 3.05) is 6.54 Å². The van der Waals surface area contributed by atoms with Gasteiger partial charge in [0.1, 0.15) is 23.8 Å². The van der Waals surface area contributed by atoms with E-state index in [9.17, 15) is 28.8 Å². The predicted octanol–water partition coefficient (Wildman–Crippen LogP) is 3.36. The first kappa shape index (κ1) is 38.2. The lowest BCUT2D eigenvalue weighted by atomic mass is 9.83. The standard InChI is InChI=1S/C38H55N7O6/c1-6-10-27(32(47)36(50)41-25-14-15-25)42-26-16-13-24-21-45(31(22(2)46)30(24)26)37(51)33(38(3,4)5)44-34(48)28(19-23-11-8-7-9-12-23)43-35(49)29-20-39-17-18-40-29/h17-18,20,23-25,27-28,30-31,33H,6-16,19,21H2,1-5H3,(H,41,50)(H,43,49)(H,44,48)/b42-26+/t24-,27-,28-,30+,31+,33+/m0/s1. The molecule has 13 heteroatoms. The molecule has 4 fully saturated rings. The fraction of sp³-hybridized carbons (Fsp3) is 0.711. The summed E-state index contributed by atoms with van der Waals surface area (Å²) in [6.45, 7) is 9.32. The van der Waals surface area contributed by atoms with E-state index in [0.717, 1.165) is 44.9 Å². The number of nitrogens with one attached hydrogen (secondary N) is 3. The average Bonchev–Trinajstić information content (AvgIpc) is 3.71. The number of ketones is 2. The Hall–Kier alpha value is -4.03. The topological polar surface area (TPSA) is 180 Å². The number of nitrogens with zero attached hydrogens (tertiary/aromatic N) is 4. The minimum atomic E-state index is -0.992. The van der Waals surface area contributed by atoms with Gasteiger partial charge in [0.25, 0.3) is 11.8 Å². The Morgan fingerprint density at radius 2 is 1.71 bits per heavy atom. The van der Waals surface area contributed by atoms with E-state index in [-0.39, 0.29) is 41.2 Å². The summed E-state index contributed by atoms with van der Waals surface area (Å²) in [5, 5.41) is 8.64. The molecule has 0 unspecified atom stereocenters. The van der Waals surface area contributed by atoms with Gasteiger partial charge < -0.3 is 20.9 Å². The van der Waals surface area contributed by atoms with E-state index in [1.54, 1.807) is 4.90 Å². The van der Waals surface area contributed by atoms with Gasteiger partial charge in [0.2, 0.25) is 17.6 Å². The van der Waals surface area contributed by atoms with Crippen LogP contribution in [-0.2, 0) is 24.0 Å². The molecule has 3 saturated carbocycles. The summed E-state index contributed by atoms with van der Waals surface area (Å²) >= 11 is 0. The molecule has 3 N–H and O–H groups in total. The molecule has 3 aliphatic carbocycles. The third-order valence-electron chi connectivity index (χ3n) is 10.9. The zero-order valence-corrected chi connectivity index (χ0v) is 30.8. The molecule has 0 spiro atoms. The summed E-state index contributed by atoms with van der Waals surface area (Å²) in [7, 11) is 0. The normalized spacial score (nSPS) is 24.7. The number of rotatable bonds is 14. The second-order valence-corrected chi connectivity index (χ2v) is 16.1. The van der Waals surface area contributed by atoms with Gasteiger partial charge in [0, 0.05) is 36.6 Å². The molecule has 1 saturated heterocycles. The number of likely N-dealkylation sites (tertiary alicyclic amines) is 1. The van der Waals surface area contributed by atoms with E-state index in [4.69, 9.17) is 4.99 Å². The number of carbonyl (C=O) groups excluding carboxylic acids is 6. The number of aromatic nitrogens is 2. The van der Waals surface area contributed by atoms with Crippen LogP contribution in [0, 0.1) is 23.2 Å². The molecule has 1 aromatic heterocycles. The Kier molecular flexibility index (Phi) is 12.4. The summed E-state index contributed by atoms with van der Waals surface area (Å²) in [6, 6.07) is -3.48. The van der Waals surface area contributed by atoms with E-state index < -0.39 is 53.1 Å². The second-order valence-electron chi connectivity index (χ2n) is 16.1. The molecule has 51 heavy (non-hydrogen) atoms. The van der Waals surface area contributed by atoms with Crippen LogP contribution in [0.5, 0.6) is 0 Å². The van der Waals surface area contributed by atoms with Gasteiger partial charge in [-0.15, -0.1) is 0 Å². The van der Waals surface area contributed by atoms with Crippen LogP contribution in [0.4, 0.5) is 0 Å². The van der Waals surface area contributed by atoms with Crippen LogP contribution >= 0.6 is 0 Å². The molecule has 4 amide bonds. The first-order valence-electron chi connectivity index (χ1n) is 18.9. The van der Waals surface area contributed by atoms with Crippen molar-refractivity contribution in [1.82, 2.24) is 30.8 Å². The first-order valence-corrected chi connectivity index (χ1v) is 18.9. The van der Waals surface area contributed by atoms with Crippen LogP contribution in [0.15, 0.2) is 23.6 Å². The van der Waals surface area contributed by atoms with E-state index in [2.05, 4.69) is 25.9 Å². The van der Waals surface area contributed by atoms with Crippen molar-refractivity contribution >= 4 is 40.9 Å². The SMILES string of the molecule is CCC[C@H](/N=C1\CC[C@H]2CN(C(=O)[C@@H](NC(=O)[C@H](CC3CCCCC3)NC(=O)c3cnccn3)C(C)(C)C)[C@H](C(C)=O)[C@@H]12)C(=O)C(=O)NC1CC1. The molecule has 4 aliphatic rings. The number of fused-ring (bicyclic) bond motifs is 1. The number of carbonyl (C=O) groups is 6. The number of aliphatic imine (C=N–C) groups is 1. The van der Waals surface area contributed by atoms with Crippen LogP contribution in [0.3, 0.4) is 0 Å². The molecule has 2 heterocycles. The zero-order chi connectivity index (χ0) is 36.9. The maximum Gasteiger partial charge on any atom is 0.289 e. The first-order chi connectivity index (χ1) is 24.3. The highest BCUT2D eigenvalue weighted by Crippen LogP contribution is 2.42. The summed E-state index contributed by atoms with van der Waals surface area (Å²) in [6.07, 6.45) is 14.0. The van der Waals surface area contributed by atoms with Crippen molar-refractivity contribution in [3.05, 3.63) is 24.3 Å². The van der Waals surface area contributed by atoms with Gasteiger partial charge in [-0.25, -0.2) is 4.98 Å². The van der Waals surface area contributed by atoms with Crippen molar-refractivity contribution in [2.24, 2.45) is 28.2 Å². The monoisotopic (exact) mass is 705 g/mol. The second kappa shape index (κ2) is 16.5. The number of hydrogen-bond donors (Lipinski definition) is 3. The van der Waals surface area contributed by atoms with Crippen LogP contribution < -0.4 is 16.0 Å². The molecule has 5 rings (SSSR count). The van der Waals surface area contributed by atoms with Gasteiger partial charge in [-0.2, -0.15) is 0 Å². The highest BCUT2D eigenvalue weighted by Gasteiger charge is 2.53. The number of Topliss-reactive ketones (excluding diaryl/α,β-unsaturated/α-hetero) is 2. The van der Waals surface area contributed by atoms with Crippen molar-refractivity contribution < 1.29 is 28.8 Å². The number of hydrogen-bond acceptors (Lipinski definition) is 9. The van der Waals surface area contributed by atoms with Crippen molar-refractivity contribution in [3.8, 4) is 0 Å². The van der Waals surface area contributed by atoms with Gasteiger partial charge >= 0.3 is 0 Å². The Labute approximate surface area is 301 Å². The minimum Gasteiger partial charge on any atom is -0.347 e. The van der Waals surface area contributed by atoms with Crippen LogP contribution in [0.25, 0.3) is 0 Å². The molecular weight excluding hydrogens is 650 g/mol. The van der Waals surface area contributed by atoms with E-state index in [1.165, 1.54) is 25.5 Å². The fourth-order valence-corrected chi connectivity index (χ4v) is 8.06. The van der Waals surface area contributed by atoms with Gasteiger partial charge in [0.15, 0.2) is 5.78 Å². The largest absolute Gasteiger partial charge is 0.347 e.